The lowest BCUT2D eigenvalue weighted by Crippen LogP contribution is -2.48. The van der Waals surface area contributed by atoms with Gasteiger partial charge in [-0.25, -0.2) is 9.18 Å². The lowest BCUT2D eigenvalue weighted by Gasteiger charge is -2.38. The molecular formula is C26H32FN3O. The number of hydrogen-bond acceptors (Lipinski definition) is 2. The van der Waals surface area contributed by atoms with Crippen LogP contribution < -0.4 is 4.90 Å². The van der Waals surface area contributed by atoms with E-state index in [4.69, 9.17) is 0 Å². The molecule has 5 heteroatoms. The summed E-state index contributed by atoms with van der Waals surface area (Å²) in [4.78, 5) is 19.4. The quantitative estimate of drug-likeness (QED) is 0.682. The van der Waals surface area contributed by atoms with Gasteiger partial charge in [-0.3, -0.25) is 4.90 Å². The van der Waals surface area contributed by atoms with E-state index in [1.54, 1.807) is 0 Å². The number of likely N-dealkylation sites (N-methyl/N-ethyl adjacent to an activating group) is 1. The Morgan fingerprint density at radius 2 is 1.84 bits per heavy atom. The number of anilines is 1. The number of hydrogen-bond donors (Lipinski definition) is 0. The summed E-state index contributed by atoms with van der Waals surface area (Å²) in [6.45, 7) is 3.19. The largest absolute Gasteiger partial charge is 0.324 e. The number of amides is 2. The lowest BCUT2D eigenvalue weighted by atomic mass is 9.89. The van der Waals surface area contributed by atoms with Crippen LogP contribution in [0.25, 0.3) is 6.08 Å². The number of piperidine rings is 1. The van der Waals surface area contributed by atoms with Gasteiger partial charge in [0.1, 0.15) is 5.82 Å². The van der Waals surface area contributed by atoms with Gasteiger partial charge in [-0.2, -0.15) is 0 Å². The van der Waals surface area contributed by atoms with Crippen LogP contribution in [0.4, 0.5) is 14.9 Å². The minimum absolute atomic E-state index is 0.120. The van der Waals surface area contributed by atoms with Crippen LogP contribution in [0.1, 0.15) is 41.9 Å². The van der Waals surface area contributed by atoms with Crippen molar-refractivity contribution < 1.29 is 9.18 Å². The summed E-state index contributed by atoms with van der Waals surface area (Å²) in [7, 11) is 4.12. The fourth-order valence-electron chi connectivity index (χ4n) is 4.63. The molecule has 2 aliphatic rings. The predicted octanol–water partition coefficient (Wildman–Crippen LogP) is 5.15. The molecule has 31 heavy (non-hydrogen) atoms. The first kappa shape index (κ1) is 21.6. The number of nitrogens with zero attached hydrogens (tertiary/aromatic N) is 3. The van der Waals surface area contributed by atoms with Gasteiger partial charge in [0, 0.05) is 31.9 Å². The van der Waals surface area contributed by atoms with E-state index in [1.165, 1.54) is 28.8 Å². The summed E-state index contributed by atoms with van der Waals surface area (Å²) in [6.07, 6.45) is 8.18. The van der Waals surface area contributed by atoms with Crippen molar-refractivity contribution in [1.29, 1.82) is 0 Å². The number of rotatable bonds is 4. The van der Waals surface area contributed by atoms with Crippen LogP contribution in [0, 0.1) is 5.82 Å². The van der Waals surface area contributed by atoms with Crippen LogP contribution in [-0.4, -0.2) is 56.1 Å². The van der Waals surface area contributed by atoms with Crippen LogP contribution in [0.5, 0.6) is 0 Å². The number of carbonyl (C=O) groups is 1. The number of urea groups is 1. The normalized spacial score (nSPS) is 17.4. The molecule has 2 aromatic carbocycles. The van der Waals surface area contributed by atoms with Gasteiger partial charge in [0.2, 0.25) is 0 Å². The molecule has 164 valence electrons. The number of aryl methyl sites for hydroxylation is 1. The van der Waals surface area contributed by atoms with Gasteiger partial charge >= 0.3 is 6.03 Å². The van der Waals surface area contributed by atoms with Gasteiger partial charge in [0.25, 0.3) is 0 Å². The molecule has 0 radical (unpaired) electrons. The van der Waals surface area contributed by atoms with Crippen LogP contribution in [0.3, 0.4) is 0 Å². The zero-order valence-corrected chi connectivity index (χ0v) is 18.6. The number of fused-ring (bicyclic) bond motifs is 1. The Labute approximate surface area is 185 Å². The molecule has 0 aliphatic carbocycles. The fourth-order valence-corrected chi connectivity index (χ4v) is 4.63. The molecule has 2 aliphatic heterocycles. The minimum Gasteiger partial charge on any atom is -0.324 e. The first-order valence-corrected chi connectivity index (χ1v) is 11.3. The van der Waals surface area contributed by atoms with Crippen LogP contribution in [-0.2, 0) is 6.42 Å². The molecule has 4 rings (SSSR count). The molecule has 1 fully saturated rings. The van der Waals surface area contributed by atoms with Crippen molar-refractivity contribution in [2.45, 2.75) is 31.6 Å². The van der Waals surface area contributed by atoms with Gasteiger partial charge < -0.3 is 9.80 Å². The molecule has 2 amide bonds. The Bertz CT molecular complexity index is 930. The second kappa shape index (κ2) is 9.65. The SMILES string of the molecule is CN(C)CC=Cc1ccc2c(c1)CCCN2C(=O)N1CCC(c2ccc(F)cc2)CC1. The smallest absolute Gasteiger partial charge is 0.324 e. The Kier molecular flexibility index (Phi) is 6.71. The van der Waals surface area contributed by atoms with E-state index >= 15 is 0 Å². The Balaban J connectivity index is 1.41. The number of halogens is 1. The maximum Gasteiger partial charge on any atom is 0.324 e. The zero-order chi connectivity index (χ0) is 21.8. The molecule has 0 saturated carbocycles. The highest BCUT2D eigenvalue weighted by atomic mass is 19.1. The number of benzene rings is 2. The highest BCUT2D eigenvalue weighted by Gasteiger charge is 2.30. The fraction of sp³-hybridized carbons (Fsp3) is 0.423. The third-order valence-electron chi connectivity index (χ3n) is 6.34. The van der Waals surface area contributed by atoms with Gasteiger partial charge in [-0.1, -0.05) is 30.4 Å². The van der Waals surface area contributed by atoms with Crippen molar-refractivity contribution in [3.63, 3.8) is 0 Å². The molecule has 1 saturated heterocycles. The highest BCUT2D eigenvalue weighted by molar-refractivity contribution is 5.93. The van der Waals surface area contributed by atoms with Crippen molar-refractivity contribution in [3.05, 3.63) is 71.0 Å². The summed E-state index contributed by atoms with van der Waals surface area (Å²) in [5, 5.41) is 0. The second-order valence-electron chi connectivity index (χ2n) is 8.90. The summed E-state index contributed by atoms with van der Waals surface area (Å²) in [5.41, 5.74) is 4.68. The minimum atomic E-state index is -0.198. The third-order valence-corrected chi connectivity index (χ3v) is 6.34. The van der Waals surface area contributed by atoms with Gasteiger partial charge in [0.05, 0.1) is 0 Å². The van der Waals surface area contributed by atoms with E-state index in [-0.39, 0.29) is 11.8 Å². The summed E-state index contributed by atoms with van der Waals surface area (Å²) in [6, 6.07) is 13.4. The summed E-state index contributed by atoms with van der Waals surface area (Å²) < 4.78 is 13.2. The van der Waals surface area contributed by atoms with E-state index in [0.29, 0.717) is 5.92 Å². The van der Waals surface area contributed by atoms with Gasteiger partial charge in [-0.05, 0) is 86.7 Å². The van der Waals surface area contributed by atoms with E-state index in [1.807, 2.05) is 21.9 Å². The molecule has 0 N–H and O–H groups in total. The molecule has 0 aromatic heterocycles. The Morgan fingerprint density at radius 3 is 2.55 bits per heavy atom. The summed E-state index contributed by atoms with van der Waals surface area (Å²) in [5.74, 6) is 0.200. The molecule has 2 aromatic rings. The molecule has 0 bridgehead atoms. The van der Waals surface area contributed by atoms with E-state index in [0.717, 1.165) is 57.5 Å². The lowest BCUT2D eigenvalue weighted by molar-refractivity contribution is 0.187. The standard InChI is InChI=1S/C26H32FN3O/c1-28(2)15-3-5-20-7-12-25-23(19-20)6-4-16-30(25)26(31)29-17-13-22(14-18-29)21-8-10-24(27)11-9-21/h3,5,7-12,19,22H,4,6,13-18H2,1-2H3. The summed E-state index contributed by atoms with van der Waals surface area (Å²) >= 11 is 0. The topological polar surface area (TPSA) is 26.8 Å². The Hall–Kier alpha value is -2.66. The third kappa shape index (κ3) is 5.16. The van der Waals surface area contributed by atoms with E-state index < -0.39 is 0 Å². The van der Waals surface area contributed by atoms with Crippen molar-refractivity contribution in [1.82, 2.24) is 9.80 Å². The van der Waals surface area contributed by atoms with E-state index in [2.05, 4.69) is 49.3 Å². The van der Waals surface area contributed by atoms with Crippen molar-refractivity contribution in [2.24, 2.45) is 0 Å². The first-order chi connectivity index (χ1) is 15.0. The van der Waals surface area contributed by atoms with Crippen LogP contribution >= 0.6 is 0 Å². The monoisotopic (exact) mass is 421 g/mol. The number of likely N-dealkylation sites (tertiary alicyclic amines) is 1. The van der Waals surface area contributed by atoms with Crippen LogP contribution in [0.15, 0.2) is 48.5 Å². The van der Waals surface area contributed by atoms with E-state index in [9.17, 15) is 9.18 Å². The van der Waals surface area contributed by atoms with Crippen LogP contribution in [0.2, 0.25) is 0 Å². The Morgan fingerprint density at radius 1 is 1.10 bits per heavy atom. The van der Waals surface area contributed by atoms with Gasteiger partial charge in [0.15, 0.2) is 0 Å². The highest BCUT2D eigenvalue weighted by Crippen LogP contribution is 2.32. The predicted molar refractivity (Wildman–Crippen MR) is 125 cm³/mol. The maximum absolute atomic E-state index is 13.3. The molecule has 4 nitrogen and oxygen atoms in total. The molecule has 0 spiro atoms. The first-order valence-electron chi connectivity index (χ1n) is 11.3. The molecule has 2 heterocycles. The average Bonchev–Trinajstić information content (AvgIpc) is 2.78. The van der Waals surface area contributed by atoms with Gasteiger partial charge in [-0.15, -0.1) is 0 Å². The molecule has 0 atom stereocenters. The van der Waals surface area contributed by atoms with Crippen molar-refractivity contribution >= 4 is 17.8 Å². The second-order valence-corrected chi connectivity index (χ2v) is 8.90. The maximum atomic E-state index is 13.3. The van der Waals surface area contributed by atoms with Crippen molar-refractivity contribution in [3.8, 4) is 0 Å². The molecule has 0 unspecified atom stereocenters. The molecular weight excluding hydrogens is 389 g/mol. The van der Waals surface area contributed by atoms with Crippen molar-refractivity contribution in [2.75, 3.05) is 45.2 Å². The zero-order valence-electron chi connectivity index (χ0n) is 18.6. The average molecular weight is 422 g/mol. The number of carbonyl (C=O) groups excluding carboxylic acids is 1.